The second-order valence-electron chi connectivity index (χ2n) is 11.2. The monoisotopic (exact) mass is 542 g/mol. The molecule has 0 fully saturated rings. The molecule has 1 amide bonds. The van der Waals surface area contributed by atoms with Crippen LogP contribution in [0.5, 0.6) is 0 Å². The zero-order chi connectivity index (χ0) is 27.4. The smallest absolute Gasteiger partial charge is 0.244 e. The second kappa shape index (κ2) is 12.4. The molecule has 3 aromatic carbocycles. The summed E-state index contributed by atoms with van der Waals surface area (Å²) < 4.78 is 0. The highest BCUT2D eigenvalue weighted by molar-refractivity contribution is 6.30. The third-order valence-corrected chi connectivity index (χ3v) is 8.13. The number of aromatic amines is 1. The van der Waals surface area contributed by atoms with Gasteiger partial charge in [-0.1, -0.05) is 67.1 Å². The van der Waals surface area contributed by atoms with Gasteiger partial charge in [-0.05, 0) is 86.8 Å². The Morgan fingerprint density at radius 1 is 1.10 bits per heavy atom. The van der Waals surface area contributed by atoms with Crippen molar-refractivity contribution in [3.8, 4) is 0 Å². The molecular formula is C33H39ClN4O. The molecule has 6 heteroatoms. The highest BCUT2D eigenvalue weighted by Crippen LogP contribution is 2.35. The number of para-hydroxylation sites is 1. The Morgan fingerprint density at radius 3 is 2.67 bits per heavy atom. The number of hydrogen-bond acceptors (Lipinski definition) is 3. The normalized spacial score (nSPS) is 16.8. The number of amides is 1. The van der Waals surface area contributed by atoms with Crippen molar-refractivity contribution in [3.05, 3.63) is 101 Å². The molecule has 5 rings (SSSR count). The van der Waals surface area contributed by atoms with Gasteiger partial charge in [0.25, 0.3) is 0 Å². The maximum atomic E-state index is 14.5. The molecular weight excluding hydrogens is 504 g/mol. The topological polar surface area (TPSA) is 51.4 Å². The van der Waals surface area contributed by atoms with E-state index in [9.17, 15) is 4.79 Å². The molecule has 39 heavy (non-hydrogen) atoms. The fraction of sp³-hybridized carbons (Fsp3) is 0.364. The first-order valence-electron chi connectivity index (χ1n) is 14.0. The zero-order valence-electron chi connectivity index (χ0n) is 23.2. The number of carbonyl (C=O) groups excluding carboxylic acids is 1. The molecule has 2 N–H and O–H groups in total. The van der Waals surface area contributed by atoms with Crippen molar-refractivity contribution in [3.63, 3.8) is 0 Å². The van der Waals surface area contributed by atoms with E-state index in [4.69, 9.17) is 11.6 Å². The number of benzene rings is 3. The minimum Gasteiger partial charge on any atom is -0.361 e. The average molecular weight is 543 g/mol. The molecule has 1 aliphatic heterocycles. The van der Waals surface area contributed by atoms with Gasteiger partial charge in [0.1, 0.15) is 0 Å². The molecule has 2 unspecified atom stereocenters. The van der Waals surface area contributed by atoms with Gasteiger partial charge in [0, 0.05) is 46.8 Å². The predicted molar refractivity (Wildman–Crippen MR) is 163 cm³/mol. The number of nitrogens with one attached hydrogen (secondary N) is 2. The molecule has 0 spiro atoms. The Balaban J connectivity index is 1.43. The van der Waals surface area contributed by atoms with Gasteiger partial charge < -0.3 is 20.1 Å². The molecule has 3 atom stereocenters. The number of nitrogens with zero attached hydrogens (tertiary/aromatic N) is 2. The van der Waals surface area contributed by atoms with Crippen LogP contribution in [0, 0.1) is 5.92 Å². The van der Waals surface area contributed by atoms with Crippen LogP contribution in [0.25, 0.3) is 10.9 Å². The molecule has 4 aromatic rings. The summed E-state index contributed by atoms with van der Waals surface area (Å²) >= 11 is 6.40. The Bertz CT molecular complexity index is 1400. The van der Waals surface area contributed by atoms with Crippen molar-refractivity contribution in [2.24, 2.45) is 5.92 Å². The summed E-state index contributed by atoms with van der Waals surface area (Å²) in [5.41, 5.74) is 5.72. The number of aryl methyl sites for hydroxylation is 1. The van der Waals surface area contributed by atoms with Crippen molar-refractivity contribution in [2.45, 2.75) is 38.1 Å². The number of H-pyrrole nitrogens is 1. The molecule has 1 aliphatic rings. The predicted octanol–water partition coefficient (Wildman–Crippen LogP) is 6.28. The SMILES string of the molecule is CC(c1c[nH]c2ccccc12)C(NCCCc1ccccc1)C(=O)N1C[C@@H](CN(C)C)Cc2cc(Cl)ccc21. The fourth-order valence-electron chi connectivity index (χ4n) is 6.05. The van der Waals surface area contributed by atoms with E-state index in [1.807, 2.05) is 35.2 Å². The van der Waals surface area contributed by atoms with Crippen LogP contribution >= 0.6 is 11.6 Å². The van der Waals surface area contributed by atoms with Gasteiger partial charge in [-0.15, -0.1) is 0 Å². The van der Waals surface area contributed by atoms with E-state index in [-0.39, 0.29) is 17.9 Å². The largest absolute Gasteiger partial charge is 0.361 e. The molecule has 0 radical (unpaired) electrons. The molecule has 5 nitrogen and oxygen atoms in total. The summed E-state index contributed by atoms with van der Waals surface area (Å²) in [5, 5.41) is 5.58. The summed E-state index contributed by atoms with van der Waals surface area (Å²) in [6.07, 6.45) is 4.93. The number of hydrogen-bond donors (Lipinski definition) is 2. The van der Waals surface area contributed by atoms with E-state index >= 15 is 0 Å². The minimum absolute atomic E-state index is 0.0182. The van der Waals surface area contributed by atoms with Crippen LogP contribution in [0.3, 0.4) is 0 Å². The maximum Gasteiger partial charge on any atom is 0.244 e. The number of rotatable bonds is 10. The summed E-state index contributed by atoms with van der Waals surface area (Å²) in [7, 11) is 4.19. The lowest BCUT2D eigenvalue weighted by Gasteiger charge is -2.39. The number of fused-ring (bicyclic) bond motifs is 2. The van der Waals surface area contributed by atoms with Crippen molar-refractivity contribution < 1.29 is 4.79 Å². The Labute approximate surface area is 237 Å². The number of aromatic nitrogens is 1. The van der Waals surface area contributed by atoms with Crippen molar-refractivity contribution in [2.75, 3.05) is 38.6 Å². The highest BCUT2D eigenvalue weighted by Gasteiger charge is 2.36. The van der Waals surface area contributed by atoms with Gasteiger partial charge in [-0.2, -0.15) is 0 Å². The lowest BCUT2D eigenvalue weighted by molar-refractivity contribution is -0.121. The van der Waals surface area contributed by atoms with Crippen LogP contribution in [0.4, 0.5) is 5.69 Å². The summed E-state index contributed by atoms with van der Waals surface area (Å²) in [5.74, 6) is 0.451. The minimum atomic E-state index is -0.360. The van der Waals surface area contributed by atoms with E-state index in [0.29, 0.717) is 12.5 Å². The summed E-state index contributed by atoms with van der Waals surface area (Å²) in [6, 6.07) is 24.5. The Morgan fingerprint density at radius 2 is 1.87 bits per heavy atom. The molecule has 2 heterocycles. The molecule has 1 aromatic heterocycles. The quantitative estimate of drug-likeness (QED) is 0.232. The van der Waals surface area contributed by atoms with Crippen LogP contribution < -0.4 is 10.2 Å². The Hall–Kier alpha value is -3.12. The lowest BCUT2D eigenvalue weighted by atomic mass is 9.88. The molecule has 0 bridgehead atoms. The number of anilines is 1. The van der Waals surface area contributed by atoms with E-state index in [0.717, 1.165) is 59.7 Å². The first-order chi connectivity index (χ1) is 18.9. The van der Waals surface area contributed by atoms with Gasteiger partial charge in [0.2, 0.25) is 5.91 Å². The molecule has 0 saturated heterocycles. The van der Waals surface area contributed by atoms with Gasteiger partial charge in [0.15, 0.2) is 0 Å². The standard InChI is InChI=1S/C33H39ClN4O/c1-23(29-20-36-30-14-8-7-13-28(29)30)32(35-17-9-12-24-10-5-4-6-11-24)33(39)38-22-25(21-37(2)3)18-26-19-27(34)15-16-31(26)38/h4-8,10-11,13-16,19-20,23,25,32,35-36H,9,12,17-18,21-22H2,1-3H3/t23?,25-,32?/m1/s1. The van der Waals surface area contributed by atoms with Gasteiger partial charge in [-0.3, -0.25) is 4.79 Å². The van der Waals surface area contributed by atoms with Crippen molar-refractivity contribution in [1.29, 1.82) is 0 Å². The van der Waals surface area contributed by atoms with Crippen molar-refractivity contribution in [1.82, 2.24) is 15.2 Å². The van der Waals surface area contributed by atoms with Gasteiger partial charge >= 0.3 is 0 Å². The molecule has 204 valence electrons. The third kappa shape index (κ3) is 6.38. The van der Waals surface area contributed by atoms with E-state index < -0.39 is 0 Å². The van der Waals surface area contributed by atoms with E-state index in [1.54, 1.807) is 0 Å². The van der Waals surface area contributed by atoms with Crippen LogP contribution in [0.15, 0.2) is 79.0 Å². The van der Waals surface area contributed by atoms with Crippen LogP contribution in [0.1, 0.15) is 36.0 Å². The molecule has 0 aliphatic carbocycles. The lowest BCUT2D eigenvalue weighted by Crippen LogP contribution is -2.53. The number of halogens is 1. The first kappa shape index (κ1) is 27.4. The van der Waals surface area contributed by atoms with E-state index in [1.165, 1.54) is 10.9 Å². The fourth-order valence-corrected chi connectivity index (χ4v) is 6.25. The summed E-state index contributed by atoms with van der Waals surface area (Å²) in [4.78, 5) is 22.2. The van der Waals surface area contributed by atoms with E-state index in [2.05, 4.69) is 84.9 Å². The first-order valence-corrected chi connectivity index (χ1v) is 14.4. The van der Waals surface area contributed by atoms with Gasteiger partial charge in [-0.25, -0.2) is 0 Å². The maximum absolute atomic E-state index is 14.5. The van der Waals surface area contributed by atoms with Crippen LogP contribution in [-0.2, 0) is 17.6 Å². The second-order valence-corrected chi connectivity index (χ2v) is 11.6. The molecule has 0 saturated carbocycles. The van der Waals surface area contributed by atoms with Crippen LogP contribution in [0.2, 0.25) is 5.02 Å². The Kier molecular flexibility index (Phi) is 8.71. The van der Waals surface area contributed by atoms with Crippen molar-refractivity contribution >= 4 is 34.1 Å². The third-order valence-electron chi connectivity index (χ3n) is 7.90. The summed E-state index contributed by atoms with van der Waals surface area (Å²) in [6.45, 7) is 4.56. The average Bonchev–Trinajstić information content (AvgIpc) is 3.36. The number of carbonyl (C=O) groups is 1. The van der Waals surface area contributed by atoms with Crippen LogP contribution in [-0.4, -0.2) is 55.6 Å². The van der Waals surface area contributed by atoms with Gasteiger partial charge in [0.05, 0.1) is 6.04 Å². The zero-order valence-corrected chi connectivity index (χ0v) is 23.9. The highest BCUT2D eigenvalue weighted by atomic mass is 35.5.